The van der Waals surface area contributed by atoms with Crippen molar-refractivity contribution in [2.24, 2.45) is 15.1 Å². The van der Waals surface area contributed by atoms with Gasteiger partial charge in [-0.3, -0.25) is 9.79 Å². The van der Waals surface area contributed by atoms with E-state index in [0.29, 0.717) is 18.5 Å². The van der Waals surface area contributed by atoms with E-state index in [9.17, 15) is 17.8 Å². The van der Waals surface area contributed by atoms with Crippen LogP contribution in [0.2, 0.25) is 0 Å². The molecule has 0 amide bonds. The van der Waals surface area contributed by atoms with Gasteiger partial charge in [-0.25, -0.2) is 22.9 Å². The van der Waals surface area contributed by atoms with Crippen LogP contribution in [0.4, 0.5) is 13.2 Å². The van der Waals surface area contributed by atoms with E-state index in [-0.39, 0.29) is 23.5 Å². The van der Waals surface area contributed by atoms with E-state index < -0.39 is 49.4 Å². The Morgan fingerprint density at radius 3 is 2.65 bits per heavy atom. The third kappa shape index (κ3) is 3.83. The van der Waals surface area contributed by atoms with E-state index in [4.69, 9.17) is 5.73 Å². The summed E-state index contributed by atoms with van der Waals surface area (Å²) in [6.45, 7) is 2.48. The van der Waals surface area contributed by atoms with Gasteiger partial charge in [0.25, 0.3) is 0 Å². The van der Waals surface area contributed by atoms with E-state index >= 15 is 4.39 Å². The van der Waals surface area contributed by atoms with Crippen LogP contribution in [0.15, 0.2) is 39.9 Å². The second kappa shape index (κ2) is 8.33. The minimum Gasteiger partial charge on any atom is -0.415 e. The van der Waals surface area contributed by atoms with Gasteiger partial charge in [0, 0.05) is 18.5 Å². The first-order chi connectivity index (χ1) is 15.9. The van der Waals surface area contributed by atoms with Crippen molar-refractivity contribution in [3.05, 3.63) is 53.2 Å². The number of ether oxygens (including phenoxy) is 1. The largest absolute Gasteiger partial charge is 0.415 e. The van der Waals surface area contributed by atoms with Crippen molar-refractivity contribution in [1.82, 2.24) is 9.97 Å². The molecule has 2 aliphatic heterocycles. The molecule has 0 radical (unpaired) electrons. The van der Waals surface area contributed by atoms with Crippen LogP contribution < -0.4 is 10.5 Å². The van der Waals surface area contributed by atoms with Gasteiger partial charge in [-0.15, -0.1) is 0 Å². The van der Waals surface area contributed by atoms with Crippen molar-refractivity contribution < 1.29 is 26.9 Å². The predicted octanol–water partition coefficient (Wildman–Crippen LogP) is 3.25. The molecule has 8 nitrogen and oxygen atoms in total. The number of carbonyl (C=O) groups excluding carboxylic acids is 1. The molecule has 4 rings (SSSR count). The third-order valence-electron chi connectivity index (χ3n) is 6.45. The number of fused-ring (bicyclic) bond motifs is 1. The normalized spacial score (nSPS) is 27.6. The number of halogens is 3. The Balaban J connectivity index is 1.67. The van der Waals surface area contributed by atoms with Gasteiger partial charge in [-0.1, -0.05) is 6.07 Å². The Labute approximate surface area is 195 Å². The average molecular weight is 496 g/mol. The maximum absolute atomic E-state index is 15.1. The molecule has 1 aromatic heterocycles. The lowest BCUT2D eigenvalue weighted by Gasteiger charge is -2.44. The van der Waals surface area contributed by atoms with Crippen LogP contribution in [0.3, 0.4) is 0 Å². The molecule has 0 saturated carbocycles. The molecule has 2 aliphatic rings. The molecule has 0 aliphatic carbocycles. The highest BCUT2D eigenvalue weighted by molar-refractivity contribution is 7.96. The zero-order chi connectivity index (χ0) is 24.9. The highest BCUT2D eigenvalue weighted by atomic mass is 32.2. The molecule has 2 N–H and O–H groups in total. The quantitative estimate of drug-likeness (QED) is 0.615. The third-order valence-corrected chi connectivity index (χ3v) is 10.2. The summed E-state index contributed by atoms with van der Waals surface area (Å²) in [5.41, 5.74) is 5.58. The predicted molar refractivity (Wildman–Crippen MR) is 120 cm³/mol. The summed E-state index contributed by atoms with van der Waals surface area (Å²) in [5.74, 6) is -1.28. The Hall–Kier alpha value is -3.02. The number of carbonyl (C=O) groups is 1. The Kier molecular flexibility index (Phi) is 5.91. The van der Waals surface area contributed by atoms with Gasteiger partial charge in [0.1, 0.15) is 27.6 Å². The number of hydrogen-bond acceptors (Lipinski definition) is 8. The summed E-state index contributed by atoms with van der Waals surface area (Å²) in [5, 5.41) is -0.545. The zero-order valence-corrected chi connectivity index (χ0v) is 19.6. The van der Waals surface area contributed by atoms with Gasteiger partial charge >= 0.3 is 6.61 Å². The standard InChI is InChI=1S/C22H24F3N5O3S/c1-21(2)19(26)30-22(3,17-6-7-29-34(17,21)32)13-8-12(4-5-14(13)23)9-16(31)15-10-28-18(11-27-15)33-20(24)25/h4-5,8,10-11,17,20H,6-7,9H2,1-3H3,(H2,26,30)/t17-,22+,34+/m0/s1. The summed E-state index contributed by atoms with van der Waals surface area (Å²) in [6.07, 6.45) is 2.29. The maximum atomic E-state index is 15.1. The zero-order valence-electron chi connectivity index (χ0n) is 18.8. The highest BCUT2D eigenvalue weighted by Crippen LogP contribution is 2.47. The number of alkyl halides is 2. The fraction of sp³-hybridized carbons (Fsp3) is 0.455. The molecular weight excluding hydrogens is 471 g/mol. The molecular formula is C22H24F3N5O3S. The van der Waals surface area contributed by atoms with Gasteiger partial charge < -0.3 is 10.5 Å². The van der Waals surface area contributed by atoms with E-state index in [1.54, 1.807) is 20.8 Å². The minimum atomic E-state index is -3.06. The van der Waals surface area contributed by atoms with E-state index in [2.05, 4.69) is 24.1 Å². The molecule has 0 unspecified atom stereocenters. The summed E-state index contributed by atoms with van der Waals surface area (Å²) < 4.78 is 61.1. The van der Waals surface area contributed by atoms with Crippen molar-refractivity contribution >= 4 is 21.3 Å². The van der Waals surface area contributed by atoms with Gasteiger partial charge in [0.2, 0.25) is 5.88 Å². The van der Waals surface area contributed by atoms with Crippen LogP contribution in [0.5, 0.6) is 5.88 Å². The van der Waals surface area contributed by atoms with Crippen molar-refractivity contribution in [3.8, 4) is 5.88 Å². The highest BCUT2D eigenvalue weighted by Gasteiger charge is 2.56. The molecule has 0 fully saturated rings. The molecule has 0 saturated heterocycles. The Bertz CT molecular complexity index is 1290. The summed E-state index contributed by atoms with van der Waals surface area (Å²) in [4.78, 5) is 24.8. The molecule has 2 aromatic rings. The summed E-state index contributed by atoms with van der Waals surface area (Å²) in [7, 11) is -2.84. The summed E-state index contributed by atoms with van der Waals surface area (Å²) >= 11 is 0. The van der Waals surface area contributed by atoms with Crippen molar-refractivity contribution in [2.45, 2.75) is 55.8 Å². The maximum Gasteiger partial charge on any atom is 0.388 e. The van der Waals surface area contributed by atoms with Crippen LogP contribution >= 0.6 is 0 Å². The van der Waals surface area contributed by atoms with Crippen LogP contribution in [-0.4, -0.2) is 48.9 Å². The van der Waals surface area contributed by atoms with Crippen LogP contribution in [0, 0.1) is 5.82 Å². The van der Waals surface area contributed by atoms with Gasteiger partial charge in [0.15, 0.2) is 5.78 Å². The van der Waals surface area contributed by atoms with E-state index in [0.717, 1.165) is 12.4 Å². The summed E-state index contributed by atoms with van der Waals surface area (Å²) in [6, 6.07) is 4.20. The smallest absolute Gasteiger partial charge is 0.388 e. The SMILES string of the molecule is CC1(C)C(N)=N[C@](C)(c2cc(CC(=O)c3cnc(OC(F)F)cn3)ccc2F)[C@@H]2CCN=[S@@]21=O. The number of nitrogens with zero attached hydrogens (tertiary/aromatic N) is 4. The van der Waals surface area contributed by atoms with Gasteiger partial charge in [-0.2, -0.15) is 8.78 Å². The molecule has 1 aromatic carbocycles. The molecule has 3 heterocycles. The van der Waals surface area contributed by atoms with E-state index in [1.165, 1.54) is 18.2 Å². The Morgan fingerprint density at radius 2 is 2.00 bits per heavy atom. The van der Waals surface area contributed by atoms with Crippen molar-refractivity contribution in [2.75, 3.05) is 6.54 Å². The second-order valence-corrected chi connectivity index (χ2v) is 11.9. The number of Topliss-reactive ketones (excluding diaryl/α,β-unsaturated/α-hetero) is 1. The number of rotatable bonds is 6. The molecule has 0 bridgehead atoms. The lowest BCUT2D eigenvalue weighted by atomic mass is 9.84. The van der Waals surface area contributed by atoms with Crippen LogP contribution in [-0.2, 0) is 21.7 Å². The Morgan fingerprint density at radius 1 is 1.26 bits per heavy atom. The fourth-order valence-corrected chi connectivity index (χ4v) is 7.63. The number of aliphatic imine (C=N–C) groups is 1. The van der Waals surface area contributed by atoms with E-state index in [1.807, 2.05) is 0 Å². The number of aromatic nitrogens is 2. The number of ketones is 1. The number of benzene rings is 1. The molecule has 12 heteroatoms. The first-order valence-electron chi connectivity index (χ1n) is 10.5. The average Bonchev–Trinajstić information content (AvgIpc) is 3.18. The first kappa shape index (κ1) is 24.1. The lowest BCUT2D eigenvalue weighted by molar-refractivity contribution is -0.0531. The van der Waals surface area contributed by atoms with Crippen LogP contribution in [0.1, 0.15) is 48.8 Å². The second-order valence-electron chi connectivity index (χ2n) is 8.89. The number of hydrogen-bond donors (Lipinski definition) is 1. The topological polar surface area (TPSA) is 120 Å². The molecule has 0 spiro atoms. The number of nitrogens with two attached hydrogens (primary N) is 1. The van der Waals surface area contributed by atoms with Gasteiger partial charge in [0.05, 0.1) is 27.4 Å². The minimum absolute atomic E-state index is 0.0574. The molecule has 3 atom stereocenters. The van der Waals surface area contributed by atoms with Gasteiger partial charge in [-0.05, 0) is 44.9 Å². The molecule has 182 valence electrons. The van der Waals surface area contributed by atoms with Crippen molar-refractivity contribution in [3.63, 3.8) is 0 Å². The monoisotopic (exact) mass is 495 g/mol. The first-order valence-corrected chi connectivity index (χ1v) is 12.1. The number of amidine groups is 1. The van der Waals surface area contributed by atoms with Crippen molar-refractivity contribution in [1.29, 1.82) is 0 Å². The lowest BCUT2D eigenvalue weighted by Crippen LogP contribution is -2.58. The molecule has 34 heavy (non-hydrogen) atoms. The fourth-order valence-electron chi connectivity index (χ4n) is 4.46. The van der Waals surface area contributed by atoms with Crippen LogP contribution in [0.25, 0.3) is 0 Å².